The van der Waals surface area contributed by atoms with Crippen molar-refractivity contribution in [3.63, 3.8) is 0 Å². The molecule has 0 aliphatic carbocycles. The van der Waals surface area contributed by atoms with E-state index < -0.39 is 17.4 Å². The number of imidazole rings is 1. The molecule has 0 atom stereocenters. The summed E-state index contributed by atoms with van der Waals surface area (Å²) in [6.45, 7) is 0.293. The third-order valence-electron chi connectivity index (χ3n) is 7.42. The van der Waals surface area contributed by atoms with Crippen molar-refractivity contribution in [1.82, 2.24) is 29.1 Å². The fourth-order valence-electron chi connectivity index (χ4n) is 5.15. The fraction of sp³-hybridized carbons (Fsp3) is 0.161. The van der Waals surface area contributed by atoms with Crippen LogP contribution in [0, 0.1) is 5.82 Å². The van der Waals surface area contributed by atoms with Crippen LogP contribution < -0.4 is 15.7 Å². The van der Waals surface area contributed by atoms with E-state index in [2.05, 4.69) is 26.3 Å². The lowest BCUT2D eigenvalue weighted by molar-refractivity contribution is 0.0706. The van der Waals surface area contributed by atoms with E-state index in [9.17, 15) is 18.8 Å². The van der Waals surface area contributed by atoms with Gasteiger partial charge in [-0.05, 0) is 70.5 Å². The smallest absolute Gasteiger partial charge is 0.333 e. The molecule has 0 unspecified atom stereocenters. The summed E-state index contributed by atoms with van der Waals surface area (Å²) in [6, 6.07) is 18.1. The van der Waals surface area contributed by atoms with Gasteiger partial charge in [-0.3, -0.25) is 18.7 Å². The number of methoxy groups -OCH3 is 1. The summed E-state index contributed by atoms with van der Waals surface area (Å²) in [7, 11) is 1.44. The van der Waals surface area contributed by atoms with Crippen molar-refractivity contribution in [1.29, 1.82) is 0 Å². The maximum absolute atomic E-state index is 14.7. The number of ether oxygens (including phenoxy) is 1. The zero-order chi connectivity index (χ0) is 31.0. The number of carbonyl (C=O) groups excluding carboxylic acids is 2. The number of amides is 2. The maximum Gasteiger partial charge on any atom is 0.333 e. The van der Waals surface area contributed by atoms with Crippen molar-refractivity contribution in [2.24, 2.45) is 0 Å². The quantitative estimate of drug-likeness (QED) is 0.262. The van der Waals surface area contributed by atoms with Gasteiger partial charge in [0.1, 0.15) is 17.3 Å². The zero-order valence-corrected chi connectivity index (χ0v) is 25.7. The largest absolute Gasteiger partial charge is 0.497 e. The Morgan fingerprint density at radius 1 is 1.07 bits per heavy atom. The van der Waals surface area contributed by atoms with E-state index in [0.717, 1.165) is 5.69 Å². The first kappa shape index (κ1) is 29.4. The normalized spacial score (nSPS) is 12.6. The molecule has 3 heterocycles. The highest BCUT2D eigenvalue weighted by Crippen LogP contribution is 2.26. The molecule has 5 aromatic rings. The average Bonchev–Trinajstić information content (AvgIpc) is 3.68. The van der Waals surface area contributed by atoms with Gasteiger partial charge in [0.2, 0.25) is 0 Å². The van der Waals surface area contributed by atoms with E-state index in [0.29, 0.717) is 32.2 Å². The SMILES string of the molecule is COc1ccc(CNC(=O)c2c3n(c(=O)n2-c2ccc(-n4cccn4)cc2)CCN(C(=O)c2ccc(Br)c(Cl)c2)C3)c(F)c1. The summed E-state index contributed by atoms with van der Waals surface area (Å²) >= 11 is 9.57. The van der Waals surface area contributed by atoms with Crippen LogP contribution in [0.15, 0.2) is 88.4 Å². The Labute approximate surface area is 264 Å². The molecule has 10 nitrogen and oxygen atoms in total. The number of nitrogens with zero attached hydrogens (tertiary/aromatic N) is 5. The molecule has 44 heavy (non-hydrogen) atoms. The van der Waals surface area contributed by atoms with E-state index in [4.69, 9.17) is 16.3 Å². The molecule has 3 aromatic carbocycles. The number of carbonyl (C=O) groups is 2. The van der Waals surface area contributed by atoms with Gasteiger partial charge in [0, 0.05) is 53.7 Å². The molecular weight excluding hydrogens is 655 g/mol. The third-order valence-corrected chi connectivity index (χ3v) is 8.66. The maximum atomic E-state index is 14.7. The lowest BCUT2D eigenvalue weighted by Gasteiger charge is -2.28. The molecule has 0 spiro atoms. The molecule has 0 saturated carbocycles. The number of aromatic nitrogens is 4. The van der Waals surface area contributed by atoms with E-state index in [1.54, 1.807) is 76.6 Å². The van der Waals surface area contributed by atoms with Crippen molar-refractivity contribution < 1.29 is 18.7 Å². The van der Waals surface area contributed by atoms with Crippen LogP contribution in [0.1, 0.15) is 32.1 Å². The number of rotatable bonds is 7. The van der Waals surface area contributed by atoms with E-state index in [-0.39, 0.29) is 43.3 Å². The van der Waals surface area contributed by atoms with Crippen LogP contribution in [0.3, 0.4) is 0 Å². The fourth-order valence-corrected chi connectivity index (χ4v) is 5.58. The molecule has 2 amide bonds. The van der Waals surface area contributed by atoms with Crippen molar-refractivity contribution >= 4 is 39.3 Å². The highest BCUT2D eigenvalue weighted by Gasteiger charge is 2.32. The monoisotopic (exact) mass is 678 g/mol. The molecule has 0 radical (unpaired) electrons. The first-order chi connectivity index (χ1) is 21.2. The number of hydrogen-bond acceptors (Lipinski definition) is 5. The van der Waals surface area contributed by atoms with Gasteiger partial charge in [-0.1, -0.05) is 17.7 Å². The lowest BCUT2D eigenvalue weighted by Crippen LogP contribution is -2.41. The van der Waals surface area contributed by atoms with E-state index >= 15 is 0 Å². The minimum absolute atomic E-state index is 0.000221. The summed E-state index contributed by atoms with van der Waals surface area (Å²) in [5, 5.41) is 7.38. The number of fused-ring (bicyclic) bond motifs is 1. The molecule has 0 fully saturated rings. The molecular formula is C31H25BrClFN6O4. The molecule has 1 aliphatic rings. The predicted octanol–water partition coefficient (Wildman–Crippen LogP) is 4.97. The van der Waals surface area contributed by atoms with Crippen LogP contribution in [-0.2, 0) is 19.6 Å². The molecule has 13 heteroatoms. The lowest BCUT2D eigenvalue weighted by atomic mass is 10.1. The van der Waals surface area contributed by atoms with Gasteiger partial charge < -0.3 is 15.0 Å². The number of benzene rings is 3. The molecule has 1 aliphatic heterocycles. The van der Waals surface area contributed by atoms with Crippen LogP contribution in [0.4, 0.5) is 4.39 Å². The second kappa shape index (κ2) is 12.1. The average molecular weight is 680 g/mol. The Hall–Kier alpha value is -4.68. The van der Waals surface area contributed by atoms with Crippen LogP contribution in [0.25, 0.3) is 11.4 Å². The Morgan fingerprint density at radius 3 is 2.52 bits per heavy atom. The minimum atomic E-state index is -0.594. The van der Waals surface area contributed by atoms with Gasteiger partial charge in [0.15, 0.2) is 0 Å². The molecule has 6 rings (SSSR count). The molecule has 224 valence electrons. The van der Waals surface area contributed by atoms with E-state index in [1.165, 1.54) is 28.4 Å². The highest BCUT2D eigenvalue weighted by atomic mass is 79.9. The molecule has 1 N–H and O–H groups in total. The van der Waals surface area contributed by atoms with Crippen molar-refractivity contribution in [2.45, 2.75) is 19.6 Å². The van der Waals surface area contributed by atoms with Gasteiger partial charge in [-0.15, -0.1) is 0 Å². The molecule has 0 bridgehead atoms. The van der Waals surface area contributed by atoms with E-state index in [1.807, 2.05) is 0 Å². The minimum Gasteiger partial charge on any atom is -0.497 e. The van der Waals surface area contributed by atoms with Gasteiger partial charge in [-0.25, -0.2) is 13.9 Å². The first-order valence-corrected chi connectivity index (χ1v) is 14.7. The van der Waals surface area contributed by atoms with Crippen molar-refractivity contribution in [3.8, 4) is 17.1 Å². The number of hydrogen-bond donors (Lipinski definition) is 1. The summed E-state index contributed by atoms with van der Waals surface area (Å²) in [6.07, 6.45) is 3.45. The second-order valence-corrected chi connectivity index (χ2v) is 11.3. The standard InChI is InChI=1S/C31H25BrClFN6O4/c1-44-23-9-3-20(26(34)16-23)17-35-29(41)28-27-18-37(30(42)19-4-10-24(32)25(33)15-19)13-14-38(27)31(43)40(28)22-7-5-21(6-8-22)39-12-2-11-36-39/h2-12,15-16H,13-14,17-18H2,1H3,(H,35,41). The Balaban J connectivity index is 1.37. The summed E-state index contributed by atoms with van der Waals surface area (Å²) in [5.41, 5.74) is 1.83. The van der Waals surface area contributed by atoms with Crippen LogP contribution in [0.2, 0.25) is 5.02 Å². The second-order valence-electron chi connectivity index (χ2n) is 10.0. The topological polar surface area (TPSA) is 103 Å². The Bertz CT molecular complexity index is 1940. The number of nitrogens with one attached hydrogen (secondary N) is 1. The Morgan fingerprint density at radius 2 is 1.84 bits per heavy atom. The molecule has 2 aromatic heterocycles. The van der Waals surface area contributed by atoms with Gasteiger partial charge >= 0.3 is 5.69 Å². The van der Waals surface area contributed by atoms with Crippen LogP contribution in [-0.4, -0.2) is 49.3 Å². The number of halogens is 3. The van der Waals surface area contributed by atoms with Gasteiger partial charge in [0.05, 0.1) is 35.7 Å². The van der Waals surface area contributed by atoms with Gasteiger partial charge in [0.25, 0.3) is 11.8 Å². The van der Waals surface area contributed by atoms with Gasteiger partial charge in [-0.2, -0.15) is 5.10 Å². The van der Waals surface area contributed by atoms with Crippen molar-refractivity contribution in [2.75, 3.05) is 13.7 Å². The summed E-state index contributed by atoms with van der Waals surface area (Å²) in [4.78, 5) is 42.7. The summed E-state index contributed by atoms with van der Waals surface area (Å²) in [5.74, 6) is -1.08. The van der Waals surface area contributed by atoms with Crippen LogP contribution in [0.5, 0.6) is 5.75 Å². The first-order valence-electron chi connectivity index (χ1n) is 13.5. The third kappa shape index (κ3) is 5.53. The highest BCUT2D eigenvalue weighted by molar-refractivity contribution is 9.10. The summed E-state index contributed by atoms with van der Waals surface area (Å²) < 4.78 is 24.9. The zero-order valence-electron chi connectivity index (χ0n) is 23.3. The van der Waals surface area contributed by atoms with Crippen LogP contribution >= 0.6 is 27.5 Å². The molecule has 0 saturated heterocycles. The van der Waals surface area contributed by atoms with Crippen molar-refractivity contribution in [3.05, 3.63) is 127 Å². The Kier molecular flexibility index (Phi) is 8.11. The predicted molar refractivity (Wildman–Crippen MR) is 165 cm³/mol.